The number of aromatic nitrogens is 1. The van der Waals surface area contributed by atoms with Crippen LogP contribution >= 0.6 is 0 Å². The molecule has 0 aliphatic carbocycles. The first kappa shape index (κ1) is 14.6. The molecule has 108 valence electrons. The summed E-state index contributed by atoms with van der Waals surface area (Å²) in [6.45, 7) is 0.736. The Balaban J connectivity index is 2.10. The molecule has 0 N–H and O–H groups in total. The van der Waals surface area contributed by atoms with Gasteiger partial charge in [0.15, 0.2) is 6.29 Å². The number of pyridine rings is 1. The van der Waals surface area contributed by atoms with Crippen LogP contribution in [-0.2, 0) is 6.42 Å². The zero-order valence-corrected chi connectivity index (χ0v) is 11.6. The lowest BCUT2D eigenvalue weighted by molar-refractivity contribution is -0.385. The van der Waals surface area contributed by atoms with Crippen molar-refractivity contribution < 1.29 is 9.72 Å². The molecule has 0 saturated carbocycles. The van der Waals surface area contributed by atoms with Crippen LogP contribution in [0.15, 0.2) is 42.7 Å². The number of hydrogen-bond acceptors (Lipinski definition) is 5. The molecular weight excluding hydrogens is 270 g/mol. The van der Waals surface area contributed by atoms with Crippen molar-refractivity contribution in [1.82, 2.24) is 4.98 Å². The third-order valence-electron chi connectivity index (χ3n) is 3.26. The number of carbonyl (C=O) groups excluding carboxylic acids is 1. The second-order valence-corrected chi connectivity index (χ2v) is 4.65. The van der Waals surface area contributed by atoms with Gasteiger partial charge in [-0.3, -0.25) is 19.9 Å². The Bertz CT molecular complexity index is 644. The second kappa shape index (κ2) is 6.60. The van der Waals surface area contributed by atoms with Gasteiger partial charge in [0, 0.05) is 37.7 Å². The van der Waals surface area contributed by atoms with Crippen molar-refractivity contribution in [3.8, 4) is 0 Å². The molecule has 0 aliphatic heterocycles. The zero-order chi connectivity index (χ0) is 15.2. The van der Waals surface area contributed by atoms with E-state index < -0.39 is 4.92 Å². The zero-order valence-electron chi connectivity index (χ0n) is 11.6. The lowest BCUT2D eigenvalue weighted by Gasteiger charge is -2.19. The summed E-state index contributed by atoms with van der Waals surface area (Å²) < 4.78 is 0. The summed E-state index contributed by atoms with van der Waals surface area (Å²) in [7, 11) is 1.89. The third-order valence-corrected chi connectivity index (χ3v) is 3.26. The van der Waals surface area contributed by atoms with Crippen molar-refractivity contribution in [3.63, 3.8) is 0 Å². The van der Waals surface area contributed by atoms with Crippen molar-refractivity contribution in [2.24, 2.45) is 0 Å². The van der Waals surface area contributed by atoms with E-state index in [1.165, 1.54) is 12.1 Å². The molecule has 0 bridgehead atoms. The molecule has 0 atom stereocenters. The molecule has 1 aromatic heterocycles. The van der Waals surface area contributed by atoms with E-state index in [0.717, 1.165) is 24.2 Å². The van der Waals surface area contributed by atoms with Crippen LogP contribution in [0.3, 0.4) is 0 Å². The molecule has 2 aromatic rings. The summed E-state index contributed by atoms with van der Waals surface area (Å²) in [5.74, 6) is 0. The van der Waals surface area contributed by atoms with Crippen molar-refractivity contribution in [1.29, 1.82) is 0 Å². The van der Waals surface area contributed by atoms with Crippen LogP contribution in [0.2, 0.25) is 0 Å². The van der Waals surface area contributed by atoms with Crippen LogP contribution in [0.1, 0.15) is 15.9 Å². The lowest BCUT2D eigenvalue weighted by Crippen LogP contribution is -2.20. The lowest BCUT2D eigenvalue weighted by atomic mass is 10.1. The molecule has 0 spiro atoms. The molecular formula is C15H15N3O3. The van der Waals surface area contributed by atoms with Gasteiger partial charge in [-0.05, 0) is 36.2 Å². The maximum Gasteiger partial charge on any atom is 0.280 e. The van der Waals surface area contributed by atoms with Crippen molar-refractivity contribution in [2.45, 2.75) is 6.42 Å². The molecule has 2 rings (SSSR count). The van der Waals surface area contributed by atoms with Gasteiger partial charge in [0.2, 0.25) is 0 Å². The standard InChI is InChI=1S/C15H15N3O3/c1-17(9-6-12-4-7-16-8-5-12)14-2-3-15(18(20)21)13(10-14)11-19/h2-5,7-8,10-11H,6,9H2,1H3. The number of carbonyl (C=O) groups is 1. The van der Waals surface area contributed by atoms with Crippen LogP contribution in [0.4, 0.5) is 11.4 Å². The SMILES string of the molecule is CN(CCc1ccncc1)c1ccc([N+](=O)[O-])c(C=O)c1. The maximum atomic E-state index is 11.0. The fraction of sp³-hybridized carbons (Fsp3) is 0.200. The first-order valence-electron chi connectivity index (χ1n) is 6.45. The highest BCUT2D eigenvalue weighted by Gasteiger charge is 2.14. The molecule has 6 nitrogen and oxygen atoms in total. The van der Waals surface area contributed by atoms with E-state index in [9.17, 15) is 14.9 Å². The largest absolute Gasteiger partial charge is 0.374 e. The Labute approximate surface area is 122 Å². The predicted octanol–water partition coefficient (Wildman–Crippen LogP) is 2.48. The summed E-state index contributed by atoms with van der Waals surface area (Å²) in [5.41, 5.74) is 1.86. The van der Waals surface area contributed by atoms with E-state index in [1.54, 1.807) is 18.5 Å². The Morgan fingerprint density at radius 3 is 2.62 bits per heavy atom. The van der Waals surface area contributed by atoms with Crippen LogP contribution < -0.4 is 4.90 Å². The molecule has 0 unspecified atom stereocenters. The number of aldehydes is 1. The van der Waals surface area contributed by atoms with E-state index in [2.05, 4.69) is 4.98 Å². The molecule has 21 heavy (non-hydrogen) atoms. The summed E-state index contributed by atoms with van der Waals surface area (Å²) in [4.78, 5) is 27.1. The van der Waals surface area contributed by atoms with Crippen LogP contribution in [0.25, 0.3) is 0 Å². The molecule has 1 heterocycles. The monoisotopic (exact) mass is 285 g/mol. The van der Waals surface area contributed by atoms with E-state index in [4.69, 9.17) is 0 Å². The van der Waals surface area contributed by atoms with Gasteiger partial charge in [-0.1, -0.05) is 0 Å². The number of benzene rings is 1. The quantitative estimate of drug-likeness (QED) is 0.463. The highest BCUT2D eigenvalue weighted by molar-refractivity contribution is 5.83. The number of nitrogens with zero attached hydrogens (tertiary/aromatic N) is 3. The Morgan fingerprint density at radius 2 is 2.00 bits per heavy atom. The fourth-order valence-electron chi connectivity index (χ4n) is 2.02. The highest BCUT2D eigenvalue weighted by Crippen LogP contribution is 2.23. The number of nitro groups is 1. The Kier molecular flexibility index (Phi) is 4.61. The number of likely N-dealkylation sites (N-methyl/N-ethyl adjacent to an activating group) is 1. The predicted molar refractivity (Wildman–Crippen MR) is 79.7 cm³/mol. The van der Waals surface area contributed by atoms with E-state index >= 15 is 0 Å². The molecule has 0 aliphatic rings. The van der Waals surface area contributed by atoms with Gasteiger partial charge in [-0.25, -0.2) is 0 Å². The molecule has 0 fully saturated rings. The summed E-state index contributed by atoms with van der Waals surface area (Å²) in [6, 6.07) is 8.44. The number of nitro benzene ring substituents is 1. The topological polar surface area (TPSA) is 76.3 Å². The number of anilines is 1. The van der Waals surface area contributed by atoms with Crippen molar-refractivity contribution in [3.05, 3.63) is 64.0 Å². The third kappa shape index (κ3) is 3.62. The average molecular weight is 285 g/mol. The maximum absolute atomic E-state index is 11.0. The minimum absolute atomic E-state index is 0.0910. The average Bonchev–Trinajstić information content (AvgIpc) is 2.52. The molecule has 0 saturated heterocycles. The van der Waals surface area contributed by atoms with Gasteiger partial charge < -0.3 is 4.90 Å². The van der Waals surface area contributed by atoms with Crippen LogP contribution in [-0.4, -0.2) is 29.8 Å². The molecule has 1 aromatic carbocycles. The smallest absolute Gasteiger partial charge is 0.280 e. The highest BCUT2D eigenvalue weighted by atomic mass is 16.6. The van der Waals surface area contributed by atoms with Gasteiger partial charge in [-0.15, -0.1) is 0 Å². The first-order chi connectivity index (χ1) is 10.1. The Hall–Kier alpha value is -2.76. The van der Waals surface area contributed by atoms with Crippen molar-refractivity contribution >= 4 is 17.7 Å². The van der Waals surface area contributed by atoms with Crippen LogP contribution in [0, 0.1) is 10.1 Å². The number of rotatable bonds is 6. The van der Waals surface area contributed by atoms with Gasteiger partial charge >= 0.3 is 0 Å². The van der Waals surface area contributed by atoms with Gasteiger partial charge in [0.05, 0.1) is 10.5 Å². The Morgan fingerprint density at radius 1 is 1.29 bits per heavy atom. The molecule has 0 radical (unpaired) electrons. The number of hydrogen-bond donors (Lipinski definition) is 0. The van der Waals surface area contributed by atoms with E-state index in [-0.39, 0.29) is 11.3 Å². The minimum atomic E-state index is -0.551. The molecule has 0 amide bonds. The van der Waals surface area contributed by atoms with Crippen LogP contribution in [0.5, 0.6) is 0 Å². The van der Waals surface area contributed by atoms with Gasteiger partial charge in [0.25, 0.3) is 5.69 Å². The summed E-state index contributed by atoms with van der Waals surface area (Å²) in [6.07, 6.45) is 4.82. The van der Waals surface area contributed by atoms with E-state index in [1.807, 2.05) is 24.1 Å². The second-order valence-electron chi connectivity index (χ2n) is 4.65. The fourth-order valence-corrected chi connectivity index (χ4v) is 2.02. The van der Waals surface area contributed by atoms with Gasteiger partial charge in [0.1, 0.15) is 0 Å². The summed E-state index contributed by atoms with van der Waals surface area (Å²) in [5, 5.41) is 10.8. The van der Waals surface area contributed by atoms with Gasteiger partial charge in [-0.2, -0.15) is 0 Å². The normalized spacial score (nSPS) is 10.1. The minimum Gasteiger partial charge on any atom is -0.374 e. The van der Waals surface area contributed by atoms with E-state index in [0.29, 0.717) is 6.29 Å². The summed E-state index contributed by atoms with van der Waals surface area (Å²) >= 11 is 0. The molecule has 6 heteroatoms. The van der Waals surface area contributed by atoms with Crippen molar-refractivity contribution in [2.75, 3.05) is 18.5 Å². The first-order valence-corrected chi connectivity index (χ1v) is 6.45.